The maximum absolute atomic E-state index is 13.0. The Morgan fingerprint density at radius 1 is 1.11 bits per heavy atom. The van der Waals surface area contributed by atoms with Gasteiger partial charge in [-0.1, -0.05) is 21.1 Å². The van der Waals surface area contributed by atoms with Crippen molar-refractivity contribution in [3.05, 3.63) is 45.8 Å². The summed E-state index contributed by atoms with van der Waals surface area (Å²) < 4.78 is 11.7. The lowest BCUT2D eigenvalue weighted by Gasteiger charge is -2.34. The van der Waals surface area contributed by atoms with Crippen LogP contribution in [0, 0.1) is 6.92 Å². The van der Waals surface area contributed by atoms with E-state index >= 15 is 0 Å². The van der Waals surface area contributed by atoms with Gasteiger partial charge in [0.05, 0.1) is 17.4 Å². The van der Waals surface area contributed by atoms with Gasteiger partial charge in [0.2, 0.25) is 5.76 Å². The smallest absolute Gasteiger partial charge is 0.292 e. The highest BCUT2D eigenvalue weighted by Crippen LogP contribution is 2.26. The molecule has 0 N–H and O–H groups in total. The number of nitrogens with zero attached hydrogens (tertiary/aromatic N) is 3. The van der Waals surface area contributed by atoms with Crippen molar-refractivity contribution in [2.24, 2.45) is 0 Å². The Morgan fingerprint density at radius 3 is 2.30 bits per heavy atom. The molecule has 2 amide bonds. The minimum absolute atomic E-state index is 0.0364. The minimum atomic E-state index is -0.199. The van der Waals surface area contributed by atoms with Crippen LogP contribution in [0.15, 0.2) is 33.3 Å². The van der Waals surface area contributed by atoms with Gasteiger partial charge in [0, 0.05) is 36.7 Å². The molecule has 0 atom stereocenters. The second kappa shape index (κ2) is 8.12. The number of halogens is 1. The van der Waals surface area contributed by atoms with Crippen molar-refractivity contribution >= 4 is 27.7 Å². The summed E-state index contributed by atoms with van der Waals surface area (Å²) >= 11 is 3.42. The molecule has 0 unspecified atom stereocenters. The number of benzene rings is 1. The summed E-state index contributed by atoms with van der Waals surface area (Å²) in [6, 6.07) is 7.02. The number of aromatic nitrogens is 1. The van der Waals surface area contributed by atoms with E-state index in [-0.39, 0.29) is 23.7 Å². The maximum Gasteiger partial charge on any atom is 0.292 e. The third kappa shape index (κ3) is 4.50. The monoisotopic (exact) mass is 435 g/mol. The van der Waals surface area contributed by atoms with Crippen molar-refractivity contribution in [1.29, 1.82) is 0 Å². The molecule has 7 nitrogen and oxygen atoms in total. The Labute approximate surface area is 166 Å². The van der Waals surface area contributed by atoms with Gasteiger partial charge in [-0.3, -0.25) is 9.59 Å². The molecule has 27 heavy (non-hydrogen) atoms. The quantitative estimate of drug-likeness (QED) is 0.736. The number of carbonyl (C=O) groups is 2. The maximum atomic E-state index is 13.0. The average molecular weight is 436 g/mol. The minimum Gasteiger partial charge on any atom is -0.490 e. The first kappa shape index (κ1) is 19.4. The topological polar surface area (TPSA) is 75.9 Å². The highest BCUT2D eigenvalue weighted by molar-refractivity contribution is 9.10. The molecule has 2 heterocycles. The van der Waals surface area contributed by atoms with Crippen LogP contribution in [0.5, 0.6) is 5.75 Å². The standard InChI is InChI=1S/C19H22BrN3O4/c1-12(2)26-16-11-14(20)4-5-15(16)18(24)22-6-8-23(9-7-22)19(25)17-10-13(3)21-27-17/h4-5,10-12H,6-9H2,1-3H3. The molecule has 1 aromatic carbocycles. The summed E-state index contributed by atoms with van der Waals surface area (Å²) in [5, 5.41) is 3.75. The van der Waals surface area contributed by atoms with Crippen LogP contribution >= 0.6 is 15.9 Å². The number of amides is 2. The van der Waals surface area contributed by atoms with E-state index in [4.69, 9.17) is 9.26 Å². The molecule has 1 aromatic heterocycles. The number of carbonyl (C=O) groups excluding carboxylic acids is 2. The zero-order valence-electron chi connectivity index (χ0n) is 15.6. The Bertz CT molecular complexity index is 841. The zero-order chi connectivity index (χ0) is 19.6. The van der Waals surface area contributed by atoms with Crippen LogP contribution in [0.3, 0.4) is 0 Å². The van der Waals surface area contributed by atoms with Crippen molar-refractivity contribution in [3.8, 4) is 5.75 Å². The Hall–Kier alpha value is -2.35. The third-order valence-electron chi connectivity index (χ3n) is 4.23. The second-order valence-corrected chi connectivity index (χ2v) is 7.64. The van der Waals surface area contributed by atoms with Crippen molar-refractivity contribution < 1.29 is 18.8 Å². The van der Waals surface area contributed by atoms with E-state index in [0.717, 1.165) is 4.47 Å². The van der Waals surface area contributed by atoms with Crippen LogP contribution in [0.1, 0.15) is 40.5 Å². The molecule has 1 aliphatic rings. The summed E-state index contributed by atoms with van der Waals surface area (Å²) in [4.78, 5) is 28.8. The van der Waals surface area contributed by atoms with Gasteiger partial charge in [-0.05, 0) is 39.0 Å². The van der Waals surface area contributed by atoms with Crippen LogP contribution in [-0.4, -0.2) is 59.1 Å². The normalized spacial score (nSPS) is 14.6. The van der Waals surface area contributed by atoms with E-state index in [0.29, 0.717) is 43.2 Å². The lowest BCUT2D eigenvalue weighted by molar-refractivity contribution is 0.0509. The van der Waals surface area contributed by atoms with Crippen molar-refractivity contribution in [2.75, 3.05) is 26.2 Å². The van der Waals surface area contributed by atoms with Crippen LogP contribution in [0.4, 0.5) is 0 Å². The Kier molecular flexibility index (Phi) is 5.84. The summed E-state index contributed by atoms with van der Waals surface area (Å²) in [6.45, 7) is 7.41. The molecule has 0 saturated carbocycles. The second-order valence-electron chi connectivity index (χ2n) is 6.72. The van der Waals surface area contributed by atoms with Gasteiger partial charge >= 0.3 is 0 Å². The lowest BCUT2D eigenvalue weighted by atomic mass is 10.1. The van der Waals surface area contributed by atoms with E-state index in [2.05, 4.69) is 21.1 Å². The molecule has 1 fully saturated rings. The van der Waals surface area contributed by atoms with E-state index in [1.807, 2.05) is 19.9 Å². The average Bonchev–Trinajstić information content (AvgIpc) is 3.07. The van der Waals surface area contributed by atoms with Crippen molar-refractivity contribution in [3.63, 3.8) is 0 Å². The van der Waals surface area contributed by atoms with Crippen molar-refractivity contribution in [2.45, 2.75) is 26.9 Å². The van der Waals surface area contributed by atoms with Crippen molar-refractivity contribution in [1.82, 2.24) is 15.0 Å². The first-order valence-electron chi connectivity index (χ1n) is 8.83. The molecule has 2 aromatic rings. The van der Waals surface area contributed by atoms with Crippen LogP contribution in [-0.2, 0) is 0 Å². The number of ether oxygens (including phenoxy) is 1. The lowest BCUT2D eigenvalue weighted by Crippen LogP contribution is -2.50. The Balaban J connectivity index is 1.67. The fourth-order valence-corrected chi connectivity index (χ4v) is 3.27. The van der Waals surface area contributed by atoms with Gasteiger partial charge in [0.25, 0.3) is 11.8 Å². The molecule has 0 radical (unpaired) electrons. The molecule has 8 heteroatoms. The molecule has 0 aliphatic carbocycles. The van der Waals surface area contributed by atoms with Crippen LogP contribution in [0.25, 0.3) is 0 Å². The Morgan fingerprint density at radius 2 is 1.74 bits per heavy atom. The summed E-state index contributed by atoms with van der Waals surface area (Å²) in [6.07, 6.45) is -0.0364. The van der Waals surface area contributed by atoms with E-state index in [1.54, 1.807) is 34.9 Å². The van der Waals surface area contributed by atoms with Gasteiger partial charge in [0.1, 0.15) is 5.75 Å². The number of piperazine rings is 1. The van der Waals surface area contributed by atoms with E-state index in [9.17, 15) is 9.59 Å². The van der Waals surface area contributed by atoms with Crippen LogP contribution in [0.2, 0.25) is 0 Å². The SMILES string of the molecule is Cc1cc(C(=O)N2CCN(C(=O)c3ccc(Br)cc3OC(C)C)CC2)on1. The summed E-state index contributed by atoms with van der Waals surface area (Å²) in [5.41, 5.74) is 1.19. The fraction of sp³-hybridized carbons (Fsp3) is 0.421. The van der Waals surface area contributed by atoms with Crippen LogP contribution < -0.4 is 4.74 Å². The first-order valence-corrected chi connectivity index (χ1v) is 9.62. The zero-order valence-corrected chi connectivity index (χ0v) is 17.2. The van der Waals surface area contributed by atoms with Gasteiger partial charge in [-0.25, -0.2) is 0 Å². The fourth-order valence-electron chi connectivity index (χ4n) is 2.93. The molecular weight excluding hydrogens is 414 g/mol. The number of aryl methyl sites for hydroxylation is 1. The highest BCUT2D eigenvalue weighted by atomic mass is 79.9. The molecule has 3 rings (SSSR count). The number of hydrogen-bond donors (Lipinski definition) is 0. The molecule has 1 saturated heterocycles. The number of rotatable bonds is 4. The molecular formula is C19H22BrN3O4. The molecule has 0 bridgehead atoms. The predicted molar refractivity (Wildman–Crippen MR) is 103 cm³/mol. The summed E-state index contributed by atoms with van der Waals surface area (Å²) in [5.74, 6) is 0.490. The first-order chi connectivity index (χ1) is 12.8. The highest BCUT2D eigenvalue weighted by Gasteiger charge is 2.28. The number of hydrogen-bond acceptors (Lipinski definition) is 5. The molecule has 1 aliphatic heterocycles. The largest absolute Gasteiger partial charge is 0.490 e. The third-order valence-corrected chi connectivity index (χ3v) is 4.72. The molecule has 144 valence electrons. The summed E-state index contributed by atoms with van der Waals surface area (Å²) in [7, 11) is 0. The molecule has 0 spiro atoms. The van der Waals surface area contributed by atoms with E-state index < -0.39 is 0 Å². The van der Waals surface area contributed by atoms with Gasteiger partial charge in [-0.15, -0.1) is 0 Å². The van der Waals surface area contributed by atoms with E-state index in [1.165, 1.54) is 0 Å². The predicted octanol–water partition coefficient (Wildman–Crippen LogP) is 3.13. The van der Waals surface area contributed by atoms with Gasteiger partial charge < -0.3 is 19.1 Å². The van der Waals surface area contributed by atoms with Gasteiger partial charge in [0.15, 0.2) is 0 Å². The van der Waals surface area contributed by atoms with Gasteiger partial charge in [-0.2, -0.15) is 0 Å².